The van der Waals surface area contributed by atoms with E-state index in [2.05, 4.69) is 27.3 Å². The summed E-state index contributed by atoms with van der Waals surface area (Å²) in [5.74, 6) is -0.141. The maximum absolute atomic E-state index is 12.7. The highest BCUT2D eigenvalue weighted by Gasteiger charge is 2.26. The van der Waals surface area contributed by atoms with Gasteiger partial charge in [-0.3, -0.25) is 9.59 Å². The van der Waals surface area contributed by atoms with Crippen molar-refractivity contribution in [1.82, 2.24) is 0 Å². The third-order valence-corrected chi connectivity index (χ3v) is 5.71. The Morgan fingerprint density at radius 1 is 1.04 bits per heavy atom. The molecule has 4 nitrogen and oxygen atoms in total. The second-order valence-electron chi connectivity index (χ2n) is 6.95. The van der Waals surface area contributed by atoms with Crippen LogP contribution in [0.15, 0.2) is 40.9 Å². The number of benzene rings is 2. The Balaban J connectivity index is 1.53. The van der Waals surface area contributed by atoms with Crippen molar-refractivity contribution in [2.45, 2.75) is 38.5 Å². The molecule has 2 amide bonds. The van der Waals surface area contributed by atoms with E-state index in [1.54, 1.807) is 4.90 Å². The number of amides is 2. The topological polar surface area (TPSA) is 49.4 Å². The Labute approximate surface area is 161 Å². The van der Waals surface area contributed by atoms with Gasteiger partial charge in [0.15, 0.2) is 0 Å². The Morgan fingerprint density at radius 2 is 1.88 bits per heavy atom. The van der Waals surface area contributed by atoms with E-state index in [1.165, 1.54) is 17.5 Å². The van der Waals surface area contributed by atoms with Crippen LogP contribution in [0.5, 0.6) is 0 Å². The minimum Gasteiger partial charge on any atom is -0.324 e. The van der Waals surface area contributed by atoms with Gasteiger partial charge in [0.1, 0.15) is 6.54 Å². The monoisotopic (exact) mass is 412 g/mol. The number of carbonyl (C=O) groups excluding carboxylic acids is 2. The van der Waals surface area contributed by atoms with Gasteiger partial charge in [-0.05, 0) is 73.1 Å². The lowest BCUT2D eigenvalue weighted by Crippen LogP contribution is -2.41. The van der Waals surface area contributed by atoms with Crippen LogP contribution in [0.4, 0.5) is 11.4 Å². The summed E-state index contributed by atoms with van der Waals surface area (Å²) in [6.07, 6.45) is 5.61. The molecule has 26 heavy (non-hydrogen) atoms. The fourth-order valence-electron chi connectivity index (χ4n) is 3.93. The molecule has 0 spiro atoms. The lowest BCUT2D eigenvalue weighted by Gasteiger charge is -2.29. The van der Waals surface area contributed by atoms with E-state index in [-0.39, 0.29) is 18.4 Å². The molecule has 0 saturated heterocycles. The van der Waals surface area contributed by atoms with Crippen molar-refractivity contribution < 1.29 is 9.59 Å². The van der Waals surface area contributed by atoms with Crippen LogP contribution in [-0.2, 0) is 28.9 Å². The molecule has 0 aromatic heterocycles. The van der Waals surface area contributed by atoms with Crippen molar-refractivity contribution >= 4 is 39.1 Å². The lowest BCUT2D eigenvalue weighted by molar-refractivity contribution is -0.121. The van der Waals surface area contributed by atoms with Crippen molar-refractivity contribution in [3.63, 3.8) is 0 Å². The minimum atomic E-state index is -0.145. The molecule has 4 rings (SSSR count). The Kier molecular flexibility index (Phi) is 4.81. The van der Waals surface area contributed by atoms with Crippen LogP contribution in [0.3, 0.4) is 0 Å². The molecule has 1 aliphatic heterocycles. The van der Waals surface area contributed by atoms with Gasteiger partial charge in [-0.15, -0.1) is 0 Å². The van der Waals surface area contributed by atoms with E-state index in [1.807, 2.05) is 30.3 Å². The molecule has 0 atom stereocenters. The van der Waals surface area contributed by atoms with E-state index < -0.39 is 0 Å². The molecule has 0 radical (unpaired) electrons. The molecule has 0 saturated carbocycles. The number of hydrogen-bond acceptors (Lipinski definition) is 2. The summed E-state index contributed by atoms with van der Waals surface area (Å²) in [5.41, 5.74) is 5.42. The van der Waals surface area contributed by atoms with Gasteiger partial charge >= 0.3 is 0 Å². The van der Waals surface area contributed by atoms with Gasteiger partial charge in [-0.1, -0.05) is 28.1 Å². The van der Waals surface area contributed by atoms with Crippen molar-refractivity contribution in [2.24, 2.45) is 0 Å². The average molecular weight is 413 g/mol. The quantitative estimate of drug-likeness (QED) is 0.818. The van der Waals surface area contributed by atoms with Gasteiger partial charge in [0.25, 0.3) is 0 Å². The molecule has 0 bridgehead atoms. The summed E-state index contributed by atoms with van der Waals surface area (Å²) in [6.45, 7) is 0.0527. The van der Waals surface area contributed by atoms with Crippen molar-refractivity contribution in [1.29, 1.82) is 0 Å². The third kappa shape index (κ3) is 3.40. The van der Waals surface area contributed by atoms with E-state index in [9.17, 15) is 9.59 Å². The molecular weight excluding hydrogens is 392 g/mol. The normalized spacial score (nSPS) is 16.0. The fourth-order valence-corrected chi connectivity index (χ4v) is 4.34. The van der Waals surface area contributed by atoms with E-state index in [4.69, 9.17) is 0 Å². The van der Waals surface area contributed by atoms with Crippen molar-refractivity contribution in [2.75, 3.05) is 16.8 Å². The molecular formula is C21H21BrN2O2. The largest absolute Gasteiger partial charge is 0.324 e. The lowest BCUT2D eigenvalue weighted by atomic mass is 9.90. The number of hydrogen-bond donors (Lipinski definition) is 1. The Morgan fingerprint density at radius 3 is 2.77 bits per heavy atom. The molecule has 1 aliphatic carbocycles. The van der Waals surface area contributed by atoms with Crippen LogP contribution < -0.4 is 10.2 Å². The van der Waals surface area contributed by atoms with Gasteiger partial charge in [0.2, 0.25) is 11.8 Å². The smallest absolute Gasteiger partial charge is 0.244 e. The SMILES string of the molecule is O=C(CN1C(=O)CCc2cc(Br)ccc21)Nc1cccc2c1CCCC2. The van der Waals surface area contributed by atoms with Gasteiger partial charge in [0, 0.05) is 22.3 Å². The Hall–Kier alpha value is -2.14. The fraction of sp³-hybridized carbons (Fsp3) is 0.333. The average Bonchev–Trinajstić information content (AvgIpc) is 2.64. The van der Waals surface area contributed by atoms with Crippen LogP contribution >= 0.6 is 15.9 Å². The second-order valence-corrected chi connectivity index (χ2v) is 7.87. The number of anilines is 2. The predicted octanol–water partition coefficient (Wildman–Crippen LogP) is 4.25. The molecule has 1 N–H and O–H groups in total. The Bertz CT molecular complexity index is 878. The summed E-state index contributed by atoms with van der Waals surface area (Å²) in [7, 11) is 0. The number of aryl methyl sites for hydroxylation is 2. The molecule has 0 unspecified atom stereocenters. The summed E-state index contributed by atoms with van der Waals surface area (Å²) in [5, 5.41) is 3.04. The predicted molar refractivity (Wildman–Crippen MR) is 107 cm³/mol. The highest BCUT2D eigenvalue weighted by atomic mass is 79.9. The van der Waals surface area contributed by atoms with E-state index in [0.717, 1.165) is 47.1 Å². The highest BCUT2D eigenvalue weighted by molar-refractivity contribution is 9.10. The first-order chi connectivity index (χ1) is 12.6. The van der Waals surface area contributed by atoms with Gasteiger partial charge in [-0.2, -0.15) is 0 Å². The summed E-state index contributed by atoms with van der Waals surface area (Å²) >= 11 is 3.47. The molecule has 2 aromatic rings. The van der Waals surface area contributed by atoms with Gasteiger partial charge in [0.05, 0.1) is 0 Å². The first-order valence-corrected chi connectivity index (χ1v) is 9.90. The zero-order chi connectivity index (χ0) is 18.1. The molecule has 2 aliphatic rings. The minimum absolute atomic E-state index is 0.00469. The molecule has 134 valence electrons. The summed E-state index contributed by atoms with van der Waals surface area (Å²) in [4.78, 5) is 26.7. The van der Waals surface area contributed by atoms with Crippen LogP contribution in [-0.4, -0.2) is 18.4 Å². The maximum atomic E-state index is 12.7. The van der Waals surface area contributed by atoms with Crippen LogP contribution in [0, 0.1) is 0 Å². The number of carbonyl (C=O) groups is 2. The van der Waals surface area contributed by atoms with Gasteiger partial charge in [-0.25, -0.2) is 0 Å². The maximum Gasteiger partial charge on any atom is 0.244 e. The van der Waals surface area contributed by atoms with Crippen LogP contribution in [0.2, 0.25) is 0 Å². The van der Waals surface area contributed by atoms with Crippen LogP contribution in [0.25, 0.3) is 0 Å². The molecule has 0 fully saturated rings. The zero-order valence-electron chi connectivity index (χ0n) is 14.6. The van der Waals surface area contributed by atoms with Crippen molar-refractivity contribution in [3.05, 3.63) is 57.6 Å². The van der Waals surface area contributed by atoms with E-state index in [0.29, 0.717) is 6.42 Å². The standard InChI is InChI=1S/C21H21BrN2O2/c22-16-9-10-19-15(12-16)8-11-21(26)24(19)13-20(25)23-18-7-3-5-14-4-1-2-6-17(14)18/h3,5,7,9-10,12H,1-2,4,6,8,11,13H2,(H,23,25). The number of halogens is 1. The third-order valence-electron chi connectivity index (χ3n) is 5.21. The molecule has 5 heteroatoms. The summed E-state index contributed by atoms with van der Waals surface area (Å²) < 4.78 is 0.992. The number of nitrogens with one attached hydrogen (secondary N) is 1. The number of nitrogens with zero attached hydrogens (tertiary/aromatic N) is 1. The van der Waals surface area contributed by atoms with E-state index >= 15 is 0 Å². The zero-order valence-corrected chi connectivity index (χ0v) is 16.1. The molecule has 2 aromatic carbocycles. The first-order valence-electron chi connectivity index (χ1n) is 9.11. The van der Waals surface area contributed by atoms with Gasteiger partial charge < -0.3 is 10.2 Å². The van der Waals surface area contributed by atoms with Crippen molar-refractivity contribution in [3.8, 4) is 0 Å². The molecule has 1 heterocycles. The highest BCUT2D eigenvalue weighted by Crippen LogP contribution is 2.31. The first kappa shape index (κ1) is 17.3. The number of fused-ring (bicyclic) bond motifs is 2. The van der Waals surface area contributed by atoms with Crippen LogP contribution in [0.1, 0.15) is 36.0 Å². The number of rotatable bonds is 3. The summed E-state index contributed by atoms with van der Waals surface area (Å²) in [6, 6.07) is 12.0. The second kappa shape index (κ2) is 7.23.